The molecule has 0 saturated heterocycles. The van der Waals surface area contributed by atoms with Crippen LogP contribution in [0.25, 0.3) is 6.08 Å². The third-order valence-corrected chi connectivity index (χ3v) is 3.20. The molecule has 5 nitrogen and oxygen atoms in total. The molecule has 0 aliphatic heterocycles. The SMILES string of the molecule is CCOc1ccc(/C=C/C(=O)N(C)CCCOC)cc1OCC. The van der Waals surface area contributed by atoms with Crippen LogP contribution in [0, 0.1) is 0 Å². The Labute approximate surface area is 138 Å². The van der Waals surface area contributed by atoms with Crippen molar-refractivity contribution in [2.75, 3.05) is 40.5 Å². The predicted molar refractivity (Wildman–Crippen MR) is 91.9 cm³/mol. The zero-order valence-corrected chi connectivity index (χ0v) is 14.5. The van der Waals surface area contributed by atoms with Crippen molar-refractivity contribution >= 4 is 12.0 Å². The quantitative estimate of drug-likeness (QED) is 0.491. The second-order valence-corrected chi connectivity index (χ2v) is 5.01. The van der Waals surface area contributed by atoms with Crippen LogP contribution in [0.2, 0.25) is 0 Å². The lowest BCUT2D eigenvalue weighted by Gasteiger charge is -2.14. The van der Waals surface area contributed by atoms with Crippen molar-refractivity contribution in [2.24, 2.45) is 0 Å². The van der Waals surface area contributed by atoms with Crippen LogP contribution >= 0.6 is 0 Å². The Kier molecular flexibility index (Phi) is 8.83. The van der Waals surface area contributed by atoms with Gasteiger partial charge in [0, 0.05) is 33.4 Å². The molecule has 0 heterocycles. The number of carbonyl (C=O) groups is 1. The molecule has 128 valence electrons. The van der Waals surface area contributed by atoms with Gasteiger partial charge in [0.1, 0.15) is 0 Å². The second-order valence-electron chi connectivity index (χ2n) is 5.01. The number of rotatable bonds is 10. The molecule has 23 heavy (non-hydrogen) atoms. The molecule has 0 N–H and O–H groups in total. The van der Waals surface area contributed by atoms with Crippen LogP contribution in [-0.4, -0.2) is 51.3 Å². The van der Waals surface area contributed by atoms with E-state index in [4.69, 9.17) is 14.2 Å². The van der Waals surface area contributed by atoms with Crippen molar-refractivity contribution in [3.8, 4) is 11.5 Å². The van der Waals surface area contributed by atoms with Crippen LogP contribution in [0.15, 0.2) is 24.3 Å². The van der Waals surface area contributed by atoms with E-state index < -0.39 is 0 Å². The summed E-state index contributed by atoms with van der Waals surface area (Å²) in [5.74, 6) is 1.37. The average Bonchev–Trinajstić information content (AvgIpc) is 2.55. The fraction of sp³-hybridized carbons (Fsp3) is 0.500. The molecule has 0 aliphatic rings. The molecular formula is C18H27NO4. The number of hydrogen-bond donors (Lipinski definition) is 0. The lowest BCUT2D eigenvalue weighted by molar-refractivity contribution is -0.124. The number of methoxy groups -OCH3 is 1. The number of ether oxygens (including phenoxy) is 3. The maximum absolute atomic E-state index is 12.0. The van der Waals surface area contributed by atoms with E-state index in [0.29, 0.717) is 32.1 Å². The smallest absolute Gasteiger partial charge is 0.246 e. The monoisotopic (exact) mass is 321 g/mol. The molecule has 1 aromatic carbocycles. The number of hydrogen-bond acceptors (Lipinski definition) is 4. The summed E-state index contributed by atoms with van der Waals surface area (Å²) < 4.78 is 16.1. The zero-order valence-electron chi connectivity index (χ0n) is 14.5. The van der Waals surface area contributed by atoms with Gasteiger partial charge in [-0.15, -0.1) is 0 Å². The summed E-state index contributed by atoms with van der Waals surface area (Å²) in [5, 5.41) is 0. The number of carbonyl (C=O) groups excluding carboxylic acids is 1. The summed E-state index contributed by atoms with van der Waals surface area (Å²) in [6.45, 7) is 6.33. The Morgan fingerprint density at radius 3 is 2.52 bits per heavy atom. The van der Waals surface area contributed by atoms with Crippen LogP contribution in [0.1, 0.15) is 25.8 Å². The fourth-order valence-electron chi connectivity index (χ4n) is 2.02. The standard InChI is InChI=1S/C18H27NO4/c1-5-22-16-10-8-15(14-17(16)23-6-2)9-11-18(20)19(3)12-7-13-21-4/h8-11,14H,5-7,12-13H2,1-4H3/b11-9+. The van der Waals surface area contributed by atoms with E-state index >= 15 is 0 Å². The molecule has 0 fully saturated rings. The maximum Gasteiger partial charge on any atom is 0.246 e. The molecule has 0 radical (unpaired) electrons. The molecule has 0 unspecified atom stereocenters. The first-order chi connectivity index (χ1) is 11.1. The highest BCUT2D eigenvalue weighted by molar-refractivity contribution is 5.91. The number of benzene rings is 1. The highest BCUT2D eigenvalue weighted by Crippen LogP contribution is 2.29. The van der Waals surface area contributed by atoms with E-state index in [-0.39, 0.29) is 5.91 Å². The molecule has 0 aliphatic carbocycles. The average molecular weight is 321 g/mol. The van der Waals surface area contributed by atoms with Crippen LogP contribution < -0.4 is 9.47 Å². The number of nitrogens with zero attached hydrogens (tertiary/aromatic N) is 1. The molecule has 0 spiro atoms. The molecular weight excluding hydrogens is 294 g/mol. The zero-order chi connectivity index (χ0) is 17.1. The van der Waals surface area contributed by atoms with Crippen molar-refractivity contribution < 1.29 is 19.0 Å². The summed E-state index contributed by atoms with van der Waals surface area (Å²) >= 11 is 0. The van der Waals surface area contributed by atoms with Gasteiger partial charge in [-0.25, -0.2) is 0 Å². The minimum atomic E-state index is -0.0343. The molecule has 5 heteroatoms. The minimum Gasteiger partial charge on any atom is -0.490 e. The number of likely N-dealkylation sites (N-methyl/N-ethyl adjacent to an activating group) is 1. The Morgan fingerprint density at radius 2 is 1.87 bits per heavy atom. The van der Waals surface area contributed by atoms with Gasteiger partial charge in [-0.05, 0) is 44.0 Å². The van der Waals surface area contributed by atoms with Gasteiger partial charge >= 0.3 is 0 Å². The van der Waals surface area contributed by atoms with E-state index in [0.717, 1.165) is 17.7 Å². The van der Waals surface area contributed by atoms with Gasteiger partial charge in [-0.2, -0.15) is 0 Å². The topological polar surface area (TPSA) is 48.0 Å². The highest BCUT2D eigenvalue weighted by Gasteiger charge is 2.06. The van der Waals surface area contributed by atoms with Gasteiger partial charge in [0.25, 0.3) is 0 Å². The Balaban J connectivity index is 2.71. The summed E-state index contributed by atoms with van der Waals surface area (Å²) in [6, 6.07) is 5.65. The summed E-state index contributed by atoms with van der Waals surface area (Å²) in [7, 11) is 3.44. The first-order valence-corrected chi connectivity index (χ1v) is 7.94. The highest BCUT2D eigenvalue weighted by atomic mass is 16.5. The largest absolute Gasteiger partial charge is 0.490 e. The Morgan fingerprint density at radius 1 is 1.17 bits per heavy atom. The van der Waals surface area contributed by atoms with Crippen molar-refractivity contribution in [3.05, 3.63) is 29.8 Å². The Bertz CT molecular complexity index is 514. The predicted octanol–water partition coefficient (Wildman–Crippen LogP) is 2.99. The van der Waals surface area contributed by atoms with Gasteiger partial charge in [0.15, 0.2) is 11.5 Å². The van der Waals surface area contributed by atoms with Gasteiger partial charge in [-0.1, -0.05) is 6.07 Å². The van der Waals surface area contributed by atoms with Crippen LogP contribution in [0.4, 0.5) is 0 Å². The first kappa shape index (κ1) is 19.0. The first-order valence-electron chi connectivity index (χ1n) is 7.94. The molecule has 0 aromatic heterocycles. The lowest BCUT2D eigenvalue weighted by Crippen LogP contribution is -2.26. The van der Waals surface area contributed by atoms with E-state index in [1.807, 2.05) is 32.0 Å². The van der Waals surface area contributed by atoms with E-state index in [1.54, 1.807) is 31.2 Å². The number of amides is 1. The molecule has 0 saturated carbocycles. The van der Waals surface area contributed by atoms with E-state index in [2.05, 4.69) is 0 Å². The van der Waals surface area contributed by atoms with Crippen LogP contribution in [-0.2, 0) is 9.53 Å². The van der Waals surface area contributed by atoms with E-state index in [9.17, 15) is 4.79 Å². The maximum atomic E-state index is 12.0. The van der Waals surface area contributed by atoms with Crippen molar-refractivity contribution in [1.29, 1.82) is 0 Å². The molecule has 1 aromatic rings. The van der Waals surface area contributed by atoms with Crippen LogP contribution in [0.3, 0.4) is 0 Å². The van der Waals surface area contributed by atoms with Crippen molar-refractivity contribution in [1.82, 2.24) is 4.90 Å². The molecule has 0 atom stereocenters. The van der Waals surface area contributed by atoms with Gasteiger partial charge < -0.3 is 19.1 Å². The Hall–Kier alpha value is -2.01. The van der Waals surface area contributed by atoms with Gasteiger partial charge in [0.05, 0.1) is 13.2 Å². The summed E-state index contributed by atoms with van der Waals surface area (Å²) in [4.78, 5) is 13.7. The second kappa shape index (κ2) is 10.7. The van der Waals surface area contributed by atoms with Gasteiger partial charge in [-0.3, -0.25) is 4.79 Å². The van der Waals surface area contributed by atoms with Crippen molar-refractivity contribution in [3.63, 3.8) is 0 Å². The molecule has 1 amide bonds. The molecule has 0 bridgehead atoms. The van der Waals surface area contributed by atoms with Crippen molar-refractivity contribution in [2.45, 2.75) is 20.3 Å². The fourth-order valence-corrected chi connectivity index (χ4v) is 2.02. The van der Waals surface area contributed by atoms with Gasteiger partial charge in [0.2, 0.25) is 5.91 Å². The lowest BCUT2D eigenvalue weighted by atomic mass is 10.2. The van der Waals surface area contributed by atoms with Crippen LogP contribution in [0.5, 0.6) is 11.5 Å². The molecule has 1 rings (SSSR count). The van der Waals surface area contributed by atoms with E-state index in [1.165, 1.54) is 0 Å². The summed E-state index contributed by atoms with van der Waals surface area (Å²) in [5.41, 5.74) is 0.899. The minimum absolute atomic E-state index is 0.0343. The third-order valence-electron chi connectivity index (χ3n) is 3.20. The third kappa shape index (κ3) is 6.74. The summed E-state index contributed by atoms with van der Waals surface area (Å²) in [6.07, 6.45) is 4.18. The normalized spacial score (nSPS) is 10.8.